The lowest BCUT2D eigenvalue weighted by Gasteiger charge is -2.34. The molecule has 0 unspecified atom stereocenters. The van der Waals surface area contributed by atoms with Crippen LogP contribution in [0.1, 0.15) is 23.7 Å². The van der Waals surface area contributed by atoms with Crippen LogP contribution in [0.15, 0.2) is 46.9 Å². The molecular formula is C20H18BrN3O. The van der Waals surface area contributed by atoms with Gasteiger partial charge in [0.25, 0.3) is 5.91 Å². The van der Waals surface area contributed by atoms with Crippen molar-refractivity contribution in [3.63, 3.8) is 0 Å². The third kappa shape index (κ3) is 1.82. The third-order valence-electron chi connectivity index (χ3n) is 5.49. The van der Waals surface area contributed by atoms with E-state index in [-0.39, 0.29) is 5.91 Å². The molecule has 0 radical (unpaired) electrons. The number of benzene rings is 2. The standard InChI is InChI=1S/C20H18BrN3O/c1-2-24-17-8-7-12(21)11-15(17)20(19(24)25)18-14(9-10-22-20)13-5-3-4-6-16(13)23-18/h3-8,11,22-23H,2,9-10H2,1H3/t20-/m1/s1. The van der Waals surface area contributed by atoms with Crippen molar-refractivity contribution in [2.45, 2.75) is 18.9 Å². The fourth-order valence-electron chi connectivity index (χ4n) is 4.44. The van der Waals surface area contributed by atoms with Gasteiger partial charge in [0, 0.05) is 39.7 Å². The van der Waals surface area contributed by atoms with Crippen LogP contribution in [0.2, 0.25) is 0 Å². The van der Waals surface area contributed by atoms with Crippen molar-refractivity contribution in [1.82, 2.24) is 10.3 Å². The van der Waals surface area contributed by atoms with Gasteiger partial charge in [-0.1, -0.05) is 34.1 Å². The number of nitrogens with zero attached hydrogens (tertiary/aromatic N) is 1. The molecule has 4 nitrogen and oxygen atoms in total. The zero-order valence-electron chi connectivity index (χ0n) is 13.9. The third-order valence-corrected chi connectivity index (χ3v) is 5.98. The molecule has 5 heteroatoms. The zero-order valence-corrected chi connectivity index (χ0v) is 15.5. The topological polar surface area (TPSA) is 48.1 Å². The van der Waals surface area contributed by atoms with Crippen molar-refractivity contribution in [3.8, 4) is 0 Å². The van der Waals surface area contributed by atoms with E-state index in [2.05, 4.69) is 50.5 Å². The Balaban J connectivity index is 1.86. The van der Waals surface area contributed by atoms with E-state index in [1.165, 1.54) is 10.9 Å². The lowest BCUT2D eigenvalue weighted by molar-refractivity contribution is -0.123. The SMILES string of the molecule is CCN1C(=O)[C@@]2(NCCc3c2[nH]c2ccccc32)c2cc(Br)ccc21. The average Bonchev–Trinajstić information content (AvgIpc) is 3.11. The van der Waals surface area contributed by atoms with E-state index in [9.17, 15) is 4.79 Å². The molecule has 1 aromatic heterocycles. The highest BCUT2D eigenvalue weighted by Gasteiger charge is 2.54. The molecule has 126 valence electrons. The highest BCUT2D eigenvalue weighted by molar-refractivity contribution is 9.10. The molecule has 0 bridgehead atoms. The summed E-state index contributed by atoms with van der Waals surface area (Å²) in [6.45, 7) is 3.47. The highest BCUT2D eigenvalue weighted by Crippen LogP contribution is 2.48. The van der Waals surface area contributed by atoms with Crippen molar-refractivity contribution in [2.24, 2.45) is 0 Å². The molecule has 2 aliphatic heterocycles. The van der Waals surface area contributed by atoms with Gasteiger partial charge in [-0.25, -0.2) is 0 Å². The van der Waals surface area contributed by atoms with Gasteiger partial charge in [0.15, 0.2) is 5.54 Å². The summed E-state index contributed by atoms with van der Waals surface area (Å²) in [6, 6.07) is 14.4. The molecule has 1 amide bonds. The van der Waals surface area contributed by atoms with Crippen molar-refractivity contribution in [1.29, 1.82) is 0 Å². The van der Waals surface area contributed by atoms with Gasteiger partial charge < -0.3 is 9.88 Å². The number of hydrogen-bond donors (Lipinski definition) is 2. The zero-order chi connectivity index (χ0) is 17.2. The molecule has 1 spiro atoms. The fourth-order valence-corrected chi connectivity index (χ4v) is 4.80. The first kappa shape index (κ1) is 15.2. The van der Waals surface area contributed by atoms with Crippen molar-refractivity contribution in [2.75, 3.05) is 18.0 Å². The van der Waals surface area contributed by atoms with Gasteiger partial charge in [-0.05, 0) is 43.2 Å². The minimum atomic E-state index is -0.818. The van der Waals surface area contributed by atoms with E-state index < -0.39 is 5.54 Å². The number of halogens is 1. The maximum Gasteiger partial charge on any atom is 0.258 e. The van der Waals surface area contributed by atoms with Crippen LogP contribution in [-0.4, -0.2) is 24.0 Å². The Labute approximate surface area is 154 Å². The highest BCUT2D eigenvalue weighted by atomic mass is 79.9. The minimum Gasteiger partial charge on any atom is -0.356 e. The molecule has 2 aliphatic rings. The number of anilines is 1. The number of para-hydroxylation sites is 1. The first-order valence-corrected chi connectivity index (χ1v) is 9.43. The number of rotatable bonds is 1. The predicted molar refractivity (Wildman–Crippen MR) is 103 cm³/mol. The van der Waals surface area contributed by atoms with Crippen LogP contribution in [0.3, 0.4) is 0 Å². The van der Waals surface area contributed by atoms with Crippen LogP contribution in [0.5, 0.6) is 0 Å². The van der Waals surface area contributed by atoms with E-state index in [1.807, 2.05) is 30.0 Å². The van der Waals surface area contributed by atoms with Gasteiger partial charge in [-0.2, -0.15) is 0 Å². The number of aromatic amines is 1. The minimum absolute atomic E-state index is 0.107. The Hall–Kier alpha value is -2.11. The number of aromatic nitrogens is 1. The summed E-state index contributed by atoms with van der Waals surface area (Å²) in [4.78, 5) is 19.0. The van der Waals surface area contributed by atoms with Crippen molar-refractivity contribution >= 4 is 38.4 Å². The van der Waals surface area contributed by atoms with E-state index >= 15 is 0 Å². The number of nitrogens with one attached hydrogen (secondary N) is 2. The maximum absolute atomic E-state index is 13.5. The van der Waals surface area contributed by atoms with Crippen LogP contribution < -0.4 is 10.2 Å². The lowest BCUT2D eigenvalue weighted by atomic mass is 9.82. The maximum atomic E-state index is 13.5. The van der Waals surface area contributed by atoms with Crippen LogP contribution in [0, 0.1) is 0 Å². The number of likely N-dealkylation sites (N-methyl/N-ethyl adjacent to an activating group) is 1. The average molecular weight is 396 g/mol. The monoisotopic (exact) mass is 395 g/mol. The molecular weight excluding hydrogens is 378 g/mol. The molecule has 3 heterocycles. The van der Waals surface area contributed by atoms with Crippen molar-refractivity contribution < 1.29 is 4.79 Å². The van der Waals surface area contributed by atoms with E-state index in [4.69, 9.17) is 0 Å². The van der Waals surface area contributed by atoms with Gasteiger partial charge in [-0.15, -0.1) is 0 Å². The molecule has 2 N–H and O–H groups in total. The Morgan fingerprint density at radius 2 is 2.08 bits per heavy atom. The first-order chi connectivity index (χ1) is 12.2. The lowest BCUT2D eigenvalue weighted by Crippen LogP contribution is -2.55. The summed E-state index contributed by atoms with van der Waals surface area (Å²) in [5, 5.41) is 4.79. The van der Waals surface area contributed by atoms with Gasteiger partial charge in [0.1, 0.15) is 0 Å². The van der Waals surface area contributed by atoms with Crippen molar-refractivity contribution in [3.05, 3.63) is 63.8 Å². The number of carbonyl (C=O) groups is 1. The Morgan fingerprint density at radius 3 is 2.92 bits per heavy atom. The molecule has 2 aromatic carbocycles. The van der Waals surface area contributed by atoms with Gasteiger partial charge >= 0.3 is 0 Å². The summed E-state index contributed by atoms with van der Waals surface area (Å²) < 4.78 is 0.987. The van der Waals surface area contributed by atoms with Gasteiger partial charge in [0.2, 0.25) is 0 Å². The predicted octanol–water partition coefficient (Wildman–Crippen LogP) is 3.69. The largest absolute Gasteiger partial charge is 0.356 e. The molecule has 0 aliphatic carbocycles. The van der Waals surface area contributed by atoms with Crippen LogP contribution >= 0.6 is 15.9 Å². The van der Waals surface area contributed by atoms with Crippen LogP contribution in [0.25, 0.3) is 10.9 Å². The molecule has 3 aromatic rings. The Morgan fingerprint density at radius 1 is 1.24 bits per heavy atom. The van der Waals surface area contributed by atoms with E-state index in [1.54, 1.807) is 0 Å². The normalized spacial score (nSPS) is 21.8. The molecule has 0 fully saturated rings. The summed E-state index contributed by atoms with van der Waals surface area (Å²) in [5.41, 5.74) is 4.56. The smallest absolute Gasteiger partial charge is 0.258 e. The Kier molecular flexibility index (Phi) is 3.15. The second kappa shape index (κ2) is 5.19. The van der Waals surface area contributed by atoms with E-state index in [0.717, 1.165) is 39.9 Å². The molecule has 25 heavy (non-hydrogen) atoms. The number of fused-ring (bicyclic) bond motifs is 6. The number of hydrogen-bond acceptors (Lipinski definition) is 2. The number of amides is 1. The number of H-pyrrole nitrogens is 1. The molecule has 1 atom stereocenters. The van der Waals surface area contributed by atoms with Crippen LogP contribution in [0.4, 0.5) is 5.69 Å². The quantitative estimate of drug-likeness (QED) is 0.659. The fraction of sp³-hybridized carbons (Fsp3) is 0.250. The second-order valence-electron chi connectivity index (χ2n) is 6.66. The van der Waals surface area contributed by atoms with E-state index in [0.29, 0.717) is 6.54 Å². The van der Waals surface area contributed by atoms with Gasteiger partial charge in [0.05, 0.1) is 5.69 Å². The molecule has 0 saturated heterocycles. The first-order valence-electron chi connectivity index (χ1n) is 8.64. The van der Waals surface area contributed by atoms with Gasteiger partial charge in [-0.3, -0.25) is 10.1 Å². The second-order valence-corrected chi connectivity index (χ2v) is 7.58. The summed E-state index contributed by atoms with van der Waals surface area (Å²) in [6.07, 6.45) is 0.920. The Bertz CT molecular complexity index is 1020. The number of carbonyl (C=O) groups excluding carboxylic acids is 1. The summed E-state index contributed by atoms with van der Waals surface area (Å²) >= 11 is 3.58. The molecule has 0 saturated carbocycles. The van der Waals surface area contributed by atoms with Crippen LogP contribution in [-0.2, 0) is 16.8 Å². The summed E-state index contributed by atoms with van der Waals surface area (Å²) in [7, 11) is 0. The molecule has 5 rings (SSSR count). The summed E-state index contributed by atoms with van der Waals surface area (Å²) in [5.74, 6) is 0.107.